The standard InChI is InChI=1S/C21H29FN2O2/c1-16(2)7-11-23-12-8-19(25)21(14-23)9-4-10-24(15-21)20(26)17-5-3-6-18(22)13-17/h3,5-7,13,19,25H,4,8-12,14-15H2,1-2H3/t19-,21-/m1/s1. The Kier molecular flexibility index (Phi) is 5.78. The Hall–Kier alpha value is -1.72. The summed E-state index contributed by atoms with van der Waals surface area (Å²) < 4.78 is 13.5. The van der Waals surface area contributed by atoms with Crippen molar-refractivity contribution in [1.82, 2.24) is 9.80 Å². The SMILES string of the molecule is CC(C)=CCN1CC[C@@H](O)[C@]2(CCCN(C(=O)c3cccc(F)c3)C2)C1. The molecule has 2 saturated heterocycles. The molecule has 2 aliphatic rings. The normalized spacial score (nSPS) is 26.8. The van der Waals surface area contributed by atoms with Crippen molar-refractivity contribution in [2.45, 2.75) is 39.2 Å². The maximum absolute atomic E-state index is 13.5. The van der Waals surface area contributed by atoms with Crippen LogP contribution in [-0.2, 0) is 0 Å². The number of amides is 1. The van der Waals surface area contributed by atoms with Crippen LogP contribution in [0.5, 0.6) is 0 Å². The Labute approximate surface area is 155 Å². The largest absolute Gasteiger partial charge is 0.392 e. The van der Waals surface area contributed by atoms with Crippen molar-refractivity contribution in [2.75, 3.05) is 32.7 Å². The van der Waals surface area contributed by atoms with Gasteiger partial charge in [0.25, 0.3) is 5.91 Å². The van der Waals surface area contributed by atoms with Crippen LogP contribution < -0.4 is 0 Å². The monoisotopic (exact) mass is 360 g/mol. The third-order valence-electron chi connectivity index (χ3n) is 5.69. The number of allylic oxidation sites excluding steroid dienone is 1. The van der Waals surface area contributed by atoms with Gasteiger partial charge >= 0.3 is 0 Å². The molecule has 1 amide bonds. The predicted molar refractivity (Wildman–Crippen MR) is 100 cm³/mol. The van der Waals surface area contributed by atoms with Crippen molar-refractivity contribution in [1.29, 1.82) is 0 Å². The topological polar surface area (TPSA) is 43.8 Å². The van der Waals surface area contributed by atoms with Gasteiger partial charge in [0.15, 0.2) is 0 Å². The van der Waals surface area contributed by atoms with Crippen molar-refractivity contribution in [3.8, 4) is 0 Å². The number of nitrogens with zero attached hydrogens (tertiary/aromatic N) is 2. The third-order valence-corrected chi connectivity index (χ3v) is 5.69. The van der Waals surface area contributed by atoms with Crippen LogP contribution in [0.1, 0.15) is 43.5 Å². The molecule has 0 unspecified atom stereocenters. The number of likely N-dealkylation sites (tertiary alicyclic amines) is 2. The minimum absolute atomic E-state index is 0.141. The van der Waals surface area contributed by atoms with E-state index in [1.54, 1.807) is 17.0 Å². The molecule has 4 nitrogen and oxygen atoms in total. The molecular formula is C21H29FN2O2. The summed E-state index contributed by atoms with van der Waals surface area (Å²) in [6, 6.07) is 5.87. The van der Waals surface area contributed by atoms with Gasteiger partial charge in [-0.25, -0.2) is 4.39 Å². The number of halogens is 1. The molecule has 2 fully saturated rings. The van der Waals surface area contributed by atoms with E-state index in [2.05, 4.69) is 24.8 Å². The molecule has 0 radical (unpaired) electrons. The molecule has 2 heterocycles. The fraction of sp³-hybridized carbons (Fsp3) is 0.571. The third kappa shape index (κ3) is 4.15. The van der Waals surface area contributed by atoms with E-state index in [1.807, 2.05) is 0 Å². The molecule has 142 valence electrons. The van der Waals surface area contributed by atoms with Crippen molar-refractivity contribution >= 4 is 5.91 Å². The lowest BCUT2D eigenvalue weighted by Gasteiger charge is -2.51. The van der Waals surface area contributed by atoms with Crippen LogP contribution in [-0.4, -0.2) is 59.6 Å². The second kappa shape index (κ2) is 7.89. The number of carbonyl (C=O) groups excluding carboxylic acids is 1. The zero-order valence-electron chi connectivity index (χ0n) is 15.7. The van der Waals surface area contributed by atoms with Crippen LogP contribution in [0.3, 0.4) is 0 Å². The second-order valence-corrected chi connectivity index (χ2v) is 8.02. The van der Waals surface area contributed by atoms with E-state index in [0.29, 0.717) is 18.7 Å². The molecule has 0 bridgehead atoms. The maximum atomic E-state index is 13.5. The first-order chi connectivity index (χ1) is 12.4. The summed E-state index contributed by atoms with van der Waals surface area (Å²) in [5.74, 6) is -0.537. The zero-order chi connectivity index (χ0) is 18.7. The summed E-state index contributed by atoms with van der Waals surface area (Å²) in [5, 5.41) is 10.8. The molecule has 2 atom stereocenters. The summed E-state index contributed by atoms with van der Waals surface area (Å²) in [6.45, 7) is 7.94. The lowest BCUT2D eigenvalue weighted by molar-refractivity contribution is -0.0762. The van der Waals surface area contributed by atoms with Gasteiger partial charge in [-0.3, -0.25) is 9.69 Å². The molecule has 5 heteroatoms. The van der Waals surface area contributed by atoms with E-state index >= 15 is 0 Å². The number of piperidine rings is 2. The number of hydrogen-bond acceptors (Lipinski definition) is 3. The Morgan fingerprint density at radius 3 is 2.88 bits per heavy atom. The molecule has 1 aromatic carbocycles. The number of rotatable bonds is 3. The summed E-state index contributed by atoms with van der Waals surface area (Å²) >= 11 is 0. The van der Waals surface area contributed by atoms with E-state index in [1.165, 1.54) is 17.7 Å². The number of aliphatic hydroxyl groups is 1. The Bertz CT molecular complexity index is 686. The second-order valence-electron chi connectivity index (χ2n) is 8.02. The van der Waals surface area contributed by atoms with Gasteiger partial charge in [-0.1, -0.05) is 17.7 Å². The highest BCUT2D eigenvalue weighted by molar-refractivity contribution is 5.94. The van der Waals surface area contributed by atoms with Crippen molar-refractivity contribution in [2.24, 2.45) is 5.41 Å². The van der Waals surface area contributed by atoms with E-state index in [-0.39, 0.29) is 11.3 Å². The first-order valence-electron chi connectivity index (χ1n) is 9.48. The average molecular weight is 360 g/mol. The van der Waals surface area contributed by atoms with Gasteiger partial charge in [0, 0.05) is 43.7 Å². The van der Waals surface area contributed by atoms with Crippen LogP contribution >= 0.6 is 0 Å². The molecule has 0 aliphatic carbocycles. The molecule has 1 spiro atoms. The highest BCUT2D eigenvalue weighted by Gasteiger charge is 2.46. The van der Waals surface area contributed by atoms with Gasteiger partial charge in [-0.2, -0.15) is 0 Å². The lowest BCUT2D eigenvalue weighted by atomic mass is 9.71. The fourth-order valence-corrected chi connectivity index (χ4v) is 4.25. The number of hydrogen-bond donors (Lipinski definition) is 1. The lowest BCUT2D eigenvalue weighted by Crippen LogP contribution is -2.59. The first kappa shape index (κ1) is 19.1. The molecule has 0 aromatic heterocycles. The molecule has 0 saturated carbocycles. The molecule has 26 heavy (non-hydrogen) atoms. The van der Waals surface area contributed by atoms with Gasteiger partial charge < -0.3 is 10.0 Å². The maximum Gasteiger partial charge on any atom is 0.253 e. The van der Waals surface area contributed by atoms with Crippen LogP contribution in [0, 0.1) is 11.2 Å². The fourth-order valence-electron chi connectivity index (χ4n) is 4.25. The molecule has 1 N–H and O–H groups in total. The minimum Gasteiger partial charge on any atom is -0.392 e. The Morgan fingerprint density at radius 1 is 1.35 bits per heavy atom. The van der Waals surface area contributed by atoms with Crippen LogP contribution in [0.25, 0.3) is 0 Å². The van der Waals surface area contributed by atoms with Gasteiger partial charge in [-0.05, 0) is 51.3 Å². The van der Waals surface area contributed by atoms with E-state index in [9.17, 15) is 14.3 Å². The highest BCUT2D eigenvalue weighted by atomic mass is 19.1. The first-order valence-corrected chi connectivity index (χ1v) is 9.48. The summed E-state index contributed by atoms with van der Waals surface area (Å²) in [6.07, 6.45) is 4.34. The van der Waals surface area contributed by atoms with E-state index in [4.69, 9.17) is 0 Å². The Morgan fingerprint density at radius 2 is 2.15 bits per heavy atom. The van der Waals surface area contributed by atoms with Crippen LogP contribution in [0.2, 0.25) is 0 Å². The van der Waals surface area contributed by atoms with Crippen LogP contribution in [0.4, 0.5) is 4.39 Å². The molecule has 2 aliphatic heterocycles. The minimum atomic E-state index is -0.395. The quantitative estimate of drug-likeness (QED) is 0.843. The molecule has 3 rings (SSSR count). The number of aliphatic hydroxyl groups excluding tert-OH is 1. The predicted octanol–water partition coefficient (Wildman–Crippen LogP) is 3.08. The van der Waals surface area contributed by atoms with Crippen molar-refractivity contribution in [3.63, 3.8) is 0 Å². The van der Waals surface area contributed by atoms with Gasteiger partial charge in [0.2, 0.25) is 0 Å². The van der Waals surface area contributed by atoms with Gasteiger partial charge in [0.05, 0.1) is 6.10 Å². The summed E-state index contributed by atoms with van der Waals surface area (Å²) in [7, 11) is 0. The van der Waals surface area contributed by atoms with Crippen molar-refractivity contribution < 1.29 is 14.3 Å². The van der Waals surface area contributed by atoms with E-state index < -0.39 is 11.9 Å². The highest BCUT2D eigenvalue weighted by Crippen LogP contribution is 2.39. The average Bonchev–Trinajstić information content (AvgIpc) is 2.62. The van der Waals surface area contributed by atoms with E-state index in [0.717, 1.165) is 38.9 Å². The van der Waals surface area contributed by atoms with Gasteiger partial charge in [-0.15, -0.1) is 0 Å². The summed E-state index contributed by atoms with van der Waals surface area (Å²) in [5.41, 5.74) is 1.39. The van der Waals surface area contributed by atoms with Crippen LogP contribution in [0.15, 0.2) is 35.9 Å². The molecular weight excluding hydrogens is 331 g/mol. The smallest absolute Gasteiger partial charge is 0.253 e. The number of carbonyl (C=O) groups is 1. The van der Waals surface area contributed by atoms with Gasteiger partial charge in [0.1, 0.15) is 5.82 Å². The Balaban J connectivity index is 1.74. The number of benzene rings is 1. The zero-order valence-corrected chi connectivity index (χ0v) is 15.7. The summed E-state index contributed by atoms with van der Waals surface area (Å²) in [4.78, 5) is 17.0. The molecule has 1 aromatic rings. The van der Waals surface area contributed by atoms with Crippen molar-refractivity contribution in [3.05, 3.63) is 47.3 Å².